The predicted molar refractivity (Wildman–Crippen MR) is 103 cm³/mol. The summed E-state index contributed by atoms with van der Waals surface area (Å²) in [5.74, 6) is -8.45. The molecule has 178 valence electrons. The van der Waals surface area contributed by atoms with Crippen LogP contribution < -0.4 is 15.8 Å². The molecule has 4 atom stereocenters. The molecule has 0 spiro atoms. The summed E-state index contributed by atoms with van der Waals surface area (Å²) < 4.78 is 79.9. The van der Waals surface area contributed by atoms with Gasteiger partial charge < -0.3 is 20.5 Å². The number of ether oxygens (including phenoxy) is 2. The van der Waals surface area contributed by atoms with E-state index >= 15 is 0 Å². The molecule has 0 aliphatic carbocycles. The van der Waals surface area contributed by atoms with Crippen LogP contribution in [0.15, 0.2) is 24.5 Å². The maximum Gasteiger partial charge on any atom is 0.417 e. The molecule has 33 heavy (non-hydrogen) atoms. The Bertz CT molecular complexity index is 1100. The van der Waals surface area contributed by atoms with Crippen LogP contribution >= 0.6 is 0 Å². The van der Waals surface area contributed by atoms with Gasteiger partial charge in [-0.2, -0.15) is 17.6 Å². The van der Waals surface area contributed by atoms with E-state index in [1.165, 1.54) is 6.92 Å². The van der Waals surface area contributed by atoms with E-state index < -0.39 is 58.9 Å². The highest BCUT2D eigenvalue weighted by atomic mass is 19.4. The van der Waals surface area contributed by atoms with Gasteiger partial charge in [0.25, 0.3) is 11.8 Å². The summed E-state index contributed by atoms with van der Waals surface area (Å²) in [5.41, 5.74) is 1.82. The molecule has 0 bridgehead atoms. The van der Waals surface area contributed by atoms with E-state index in [4.69, 9.17) is 15.2 Å². The van der Waals surface area contributed by atoms with Crippen molar-refractivity contribution in [2.24, 2.45) is 11.7 Å². The van der Waals surface area contributed by atoms with Crippen molar-refractivity contribution in [1.29, 1.82) is 0 Å². The maximum absolute atomic E-state index is 14.3. The Morgan fingerprint density at radius 1 is 1.24 bits per heavy atom. The van der Waals surface area contributed by atoms with E-state index in [0.29, 0.717) is 0 Å². The number of alkyl halides is 3. The number of benzene rings is 1. The molecule has 1 fully saturated rings. The summed E-state index contributed by atoms with van der Waals surface area (Å²) in [6.45, 7) is 1.94. The number of anilines is 1. The smallest absolute Gasteiger partial charge is 0.417 e. The molecule has 1 aromatic carbocycles. The molecular formula is C20H19F5N4O4. The van der Waals surface area contributed by atoms with Crippen LogP contribution in [0.2, 0.25) is 0 Å². The van der Waals surface area contributed by atoms with Crippen LogP contribution in [0.1, 0.15) is 35.8 Å². The number of hydrogen-bond acceptors (Lipinski definition) is 6. The molecule has 3 rings (SSSR count). The molecular weight excluding hydrogens is 455 g/mol. The average Bonchev–Trinajstić information content (AvgIpc) is 3.02. The zero-order valence-electron chi connectivity index (χ0n) is 17.5. The number of nitrogens with one attached hydrogen (secondary N) is 1. The van der Waals surface area contributed by atoms with Crippen molar-refractivity contribution < 1.29 is 41.0 Å². The van der Waals surface area contributed by atoms with Crippen molar-refractivity contribution >= 4 is 17.6 Å². The molecule has 1 saturated heterocycles. The molecule has 1 aromatic heterocycles. The van der Waals surface area contributed by atoms with Gasteiger partial charge in [-0.25, -0.2) is 9.37 Å². The number of rotatable bonds is 5. The van der Waals surface area contributed by atoms with Crippen molar-refractivity contribution in [2.75, 3.05) is 12.4 Å². The zero-order chi connectivity index (χ0) is 24.7. The Labute approximate surface area is 184 Å². The number of halogens is 5. The molecule has 1 aliphatic rings. The Morgan fingerprint density at radius 2 is 1.91 bits per heavy atom. The van der Waals surface area contributed by atoms with Crippen LogP contribution in [0.4, 0.5) is 27.8 Å². The van der Waals surface area contributed by atoms with Crippen molar-refractivity contribution in [3.05, 3.63) is 47.4 Å². The molecule has 8 nitrogen and oxygen atoms in total. The quantitative estimate of drug-likeness (QED) is 0.644. The minimum absolute atomic E-state index is 0.186. The lowest BCUT2D eigenvalue weighted by Crippen LogP contribution is -2.47. The molecule has 3 N–H and O–H groups in total. The number of carbonyl (C=O) groups is 2. The maximum atomic E-state index is 14.3. The first kappa shape index (κ1) is 24.3. The van der Waals surface area contributed by atoms with Crippen molar-refractivity contribution in [2.45, 2.75) is 37.6 Å². The number of hydrogen-bond donors (Lipinski definition) is 2. The first-order valence-electron chi connectivity index (χ1n) is 9.51. The number of carbonyl (C=O) groups excluding carboxylic acids is 2. The molecule has 0 unspecified atom stereocenters. The van der Waals surface area contributed by atoms with Crippen LogP contribution in [0.3, 0.4) is 0 Å². The van der Waals surface area contributed by atoms with E-state index in [2.05, 4.69) is 15.3 Å². The summed E-state index contributed by atoms with van der Waals surface area (Å²) >= 11 is 0. The fraction of sp³-hybridized carbons (Fsp3) is 0.400. The zero-order valence-corrected chi connectivity index (χ0v) is 17.5. The Hall–Kier alpha value is -3.35. The predicted octanol–water partition coefficient (Wildman–Crippen LogP) is 2.94. The van der Waals surface area contributed by atoms with Crippen molar-refractivity contribution in [1.82, 2.24) is 9.97 Å². The molecule has 13 heteroatoms. The lowest BCUT2D eigenvalue weighted by Gasteiger charge is -2.32. The number of amides is 2. The highest BCUT2D eigenvalue weighted by Crippen LogP contribution is 2.54. The number of nitrogens with two attached hydrogens (primary N) is 1. The summed E-state index contributed by atoms with van der Waals surface area (Å²) in [5, 5.41) is 2.23. The normalized spacial score (nSPS) is 25.0. The van der Waals surface area contributed by atoms with Crippen molar-refractivity contribution in [3.63, 3.8) is 0 Å². The lowest BCUT2D eigenvalue weighted by molar-refractivity contribution is -0.272. The fourth-order valence-corrected chi connectivity index (χ4v) is 3.78. The van der Waals surface area contributed by atoms with E-state index in [1.54, 1.807) is 0 Å². The molecule has 0 saturated carbocycles. The van der Waals surface area contributed by atoms with E-state index in [1.807, 2.05) is 0 Å². The standard InChI is InChI=1S/C20H19F5N4O4/c1-8-13(9-4-5-10(21)14(22)15(9)32-3)16(33-19(8,2)20(23,24)25)18(31)29-12-7-27-6-11(28-12)17(26)30/h4-8,13,16H,1-3H3,(H2,26,30)(H,28,29,31)/t8-,13+,16-,19-/m1/s1. The van der Waals surface area contributed by atoms with Gasteiger partial charge in [-0.15, -0.1) is 0 Å². The second-order valence-corrected chi connectivity index (χ2v) is 7.58. The summed E-state index contributed by atoms with van der Waals surface area (Å²) in [6, 6.07) is 1.76. The first-order chi connectivity index (χ1) is 15.3. The highest BCUT2D eigenvalue weighted by molar-refractivity contribution is 5.95. The molecule has 0 radical (unpaired) electrons. The van der Waals surface area contributed by atoms with Crippen LogP contribution in [-0.2, 0) is 9.53 Å². The molecule has 2 heterocycles. The van der Waals surface area contributed by atoms with Crippen LogP contribution in [-0.4, -0.2) is 46.8 Å². The monoisotopic (exact) mass is 474 g/mol. The minimum Gasteiger partial charge on any atom is -0.493 e. The summed E-state index contributed by atoms with van der Waals surface area (Å²) in [4.78, 5) is 31.7. The van der Waals surface area contributed by atoms with E-state index in [-0.39, 0.29) is 17.1 Å². The highest BCUT2D eigenvalue weighted by Gasteiger charge is 2.65. The SMILES string of the molecule is COc1c([C@@H]2[C@@H](C)[C@](C)(C(F)(F)F)O[C@H]2C(=O)Nc2cncc(C(N)=O)n2)ccc(F)c1F. The van der Waals surface area contributed by atoms with E-state index in [0.717, 1.165) is 38.6 Å². The van der Waals surface area contributed by atoms with Crippen LogP contribution in [0.5, 0.6) is 5.75 Å². The van der Waals surface area contributed by atoms with Gasteiger partial charge in [0, 0.05) is 17.4 Å². The Morgan fingerprint density at radius 3 is 2.48 bits per heavy atom. The number of aromatic nitrogens is 2. The minimum atomic E-state index is -4.91. The third-order valence-corrected chi connectivity index (χ3v) is 5.71. The Balaban J connectivity index is 2.07. The molecule has 1 aliphatic heterocycles. The van der Waals surface area contributed by atoms with Crippen molar-refractivity contribution in [3.8, 4) is 5.75 Å². The largest absolute Gasteiger partial charge is 0.493 e. The van der Waals surface area contributed by atoms with E-state index in [9.17, 15) is 31.5 Å². The first-order valence-corrected chi connectivity index (χ1v) is 9.51. The fourth-order valence-electron chi connectivity index (χ4n) is 3.78. The van der Waals surface area contributed by atoms with Gasteiger partial charge in [0.15, 0.2) is 23.0 Å². The third-order valence-electron chi connectivity index (χ3n) is 5.71. The third kappa shape index (κ3) is 4.19. The second-order valence-electron chi connectivity index (χ2n) is 7.58. The number of nitrogens with zero attached hydrogens (tertiary/aromatic N) is 2. The average molecular weight is 474 g/mol. The van der Waals surface area contributed by atoms with Crippen LogP contribution in [0, 0.1) is 17.6 Å². The van der Waals surface area contributed by atoms with Gasteiger partial charge in [0.2, 0.25) is 5.82 Å². The molecule has 2 amide bonds. The lowest BCUT2D eigenvalue weighted by atomic mass is 9.77. The second kappa shape index (κ2) is 8.54. The number of methoxy groups -OCH3 is 1. The van der Waals surface area contributed by atoms with Gasteiger partial charge >= 0.3 is 6.18 Å². The summed E-state index contributed by atoms with van der Waals surface area (Å²) in [6.07, 6.45) is -4.65. The number of primary amides is 1. The van der Waals surface area contributed by atoms with Crippen LogP contribution in [0.25, 0.3) is 0 Å². The summed E-state index contributed by atoms with van der Waals surface area (Å²) in [7, 11) is 1.02. The Kier molecular flexibility index (Phi) is 6.29. The van der Waals surface area contributed by atoms with Gasteiger partial charge in [-0.05, 0) is 13.0 Å². The van der Waals surface area contributed by atoms with Gasteiger partial charge in [0.05, 0.1) is 19.5 Å². The molecule has 2 aromatic rings. The van der Waals surface area contributed by atoms with Gasteiger partial charge in [-0.1, -0.05) is 13.0 Å². The topological polar surface area (TPSA) is 116 Å². The van der Waals surface area contributed by atoms with Gasteiger partial charge in [-0.3, -0.25) is 14.6 Å². The van der Waals surface area contributed by atoms with Gasteiger partial charge in [0.1, 0.15) is 11.8 Å².